The number of nitrogens with two attached hydrogens (primary N) is 2. The lowest BCUT2D eigenvalue weighted by molar-refractivity contribution is 0.603. The molecule has 2 rings (SSSR count). The van der Waals surface area contributed by atoms with E-state index < -0.39 is 10.2 Å². The lowest BCUT2D eigenvalue weighted by Crippen LogP contribution is -2.22. The molecule has 1 aromatic carbocycles. The number of nitrogens with one attached hydrogen (secondary N) is 2. The Labute approximate surface area is 107 Å². The molecule has 6 nitrogen and oxygen atoms in total. The molecule has 0 aromatic heterocycles. The Kier molecular flexibility index (Phi) is 3.74. The van der Waals surface area contributed by atoms with E-state index in [1.54, 1.807) is 18.2 Å². The molecule has 6 N–H and O–H groups in total. The van der Waals surface area contributed by atoms with Gasteiger partial charge in [-0.3, -0.25) is 4.72 Å². The maximum atomic E-state index is 10.9. The third-order valence-corrected chi connectivity index (χ3v) is 3.49. The van der Waals surface area contributed by atoms with Crippen LogP contribution in [0.4, 0.5) is 11.4 Å². The van der Waals surface area contributed by atoms with Crippen molar-refractivity contribution >= 4 is 21.6 Å². The molecule has 0 bridgehead atoms. The predicted octanol–water partition coefficient (Wildman–Crippen LogP) is 0.594. The minimum atomic E-state index is -3.73. The fourth-order valence-corrected chi connectivity index (χ4v) is 2.68. The number of hydrogen-bond donors (Lipinski definition) is 4. The molecule has 0 heterocycles. The van der Waals surface area contributed by atoms with E-state index in [0.29, 0.717) is 11.7 Å². The SMILES string of the molecule is NC1CCC(Nc2cccc(NS(N)(=O)=O)c2)C1. The van der Waals surface area contributed by atoms with Crippen molar-refractivity contribution in [1.82, 2.24) is 0 Å². The summed E-state index contributed by atoms with van der Waals surface area (Å²) in [5, 5.41) is 8.27. The lowest BCUT2D eigenvalue weighted by Gasteiger charge is -2.14. The van der Waals surface area contributed by atoms with Gasteiger partial charge in [0.2, 0.25) is 0 Å². The first kappa shape index (κ1) is 13.1. The molecule has 0 saturated heterocycles. The number of hydrogen-bond acceptors (Lipinski definition) is 4. The van der Waals surface area contributed by atoms with Crippen LogP contribution in [0.15, 0.2) is 24.3 Å². The zero-order chi connectivity index (χ0) is 13.2. The van der Waals surface area contributed by atoms with Crippen molar-refractivity contribution < 1.29 is 8.42 Å². The zero-order valence-electron chi connectivity index (χ0n) is 9.96. The maximum absolute atomic E-state index is 10.9. The number of anilines is 2. The van der Waals surface area contributed by atoms with E-state index in [1.165, 1.54) is 0 Å². The summed E-state index contributed by atoms with van der Waals surface area (Å²) >= 11 is 0. The smallest absolute Gasteiger partial charge is 0.296 e. The van der Waals surface area contributed by atoms with Crippen molar-refractivity contribution in [2.24, 2.45) is 10.9 Å². The van der Waals surface area contributed by atoms with Crippen LogP contribution in [0.25, 0.3) is 0 Å². The largest absolute Gasteiger partial charge is 0.382 e. The van der Waals surface area contributed by atoms with Crippen LogP contribution in [0.5, 0.6) is 0 Å². The second-order valence-electron chi connectivity index (χ2n) is 4.64. The molecule has 0 aliphatic heterocycles. The topological polar surface area (TPSA) is 110 Å². The Morgan fingerprint density at radius 3 is 2.56 bits per heavy atom. The predicted molar refractivity (Wildman–Crippen MR) is 72.4 cm³/mol. The van der Waals surface area contributed by atoms with Crippen molar-refractivity contribution in [2.45, 2.75) is 31.3 Å². The van der Waals surface area contributed by atoms with Crippen molar-refractivity contribution in [3.63, 3.8) is 0 Å². The molecule has 7 heteroatoms. The Morgan fingerprint density at radius 1 is 1.22 bits per heavy atom. The second-order valence-corrected chi connectivity index (χ2v) is 5.94. The van der Waals surface area contributed by atoms with E-state index in [-0.39, 0.29) is 6.04 Å². The summed E-state index contributed by atoms with van der Waals surface area (Å²) in [5.74, 6) is 0. The molecule has 1 aliphatic rings. The average Bonchev–Trinajstić information content (AvgIpc) is 2.62. The summed E-state index contributed by atoms with van der Waals surface area (Å²) in [6, 6.07) is 7.63. The molecule has 0 radical (unpaired) electrons. The quantitative estimate of drug-likeness (QED) is 0.642. The van der Waals surface area contributed by atoms with Crippen LogP contribution in [-0.4, -0.2) is 20.5 Å². The minimum Gasteiger partial charge on any atom is -0.382 e. The Morgan fingerprint density at radius 2 is 1.94 bits per heavy atom. The van der Waals surface area contributed by atoms with Gasteiger partial charge in [-0.05, 0) is 37.5 Å². The van der Waals surface area contributed by atoms with Gasteiger partial charge in [0, 0.05) is 17.8 Å². The van der Waals surface area contributed by atoms with E-state index in [1.807, 2.05) is 6.07 Å². The third-order valence-electron chi connectivity index (χ3n) is 2.97. The molecule has 18 heavy (non-hydrogen) atoms. The van der Waals surface area contributed by atoms with Crippen LogP contribution >= 0.6 is 0 Å². The van der Waals surface area contributed by atoms with Gasteiger partial charge in [-0.2, -0.15) is 8.42 Å². The summed E-state index contributed by atoms with van der Waals surface area (Å²) in [7, 11) is -3.73. The summed E-state index contributed by atoms with van der Waals surface area (Å²) in [6.07, 6.45) is 2.99. The van der Waals surface area contributed by atoms with Crippen LogP contribution in [0.3, 0.4) is 0 Å². The van der Waals surface area contributed by atoms with E-state index in [2.05, 4.69) is 10.0 Å². The van der Waals surface area contributed by atoms with Gasteiger partial charge < -0.3 is 11.1 Å². The molecule has 2 unspecified atom stereocenters. The molecule has 1 fully saturated rings. The van der Waals surface area contributed by atoms with Gasteiger partial charge in [0.15, 0.2) is 0 Å². The van der Waals surface area contributed by atoms with E-state index in [9.17, 15) is 8.42 Å². The average molecular weight is 270 g/mol. The number of rotatable bonds is 4. The first-order chi connectivity index (χ1) is 8.42. The van der Waals surface area contributed by atoms with Gasteiger partial charge in [0.1, 0.15) is 0 Å². The minimum absolute atomic E-state index is 0.258. The molecule has 0 spiro atoms. The molecular formula is C11H18N4O2S. The molecule has 2 atom stereocenters. The monoisotopic (exact) mass is 270 g/mol. The molecule has 1 aromatic rings. The Balaban J connectivity index is 2.03. The molecule has 0 amide bonds. The van der Waals surface area contributed by atoms with Crippen molar-refractivity contribution in [3.8, 4) is 0 Å². The fourth-order valence-electron chi connectivity index (χ4n) is 2.22. The lowest BCUT2D eigenvalue weighted by atomic mass is 10.2. The van der Waals surface area contributed by atoms with Crippen molar-refractivity contribution in [1.29, 1.82) is 0 Å². The van der Waals surface area contributed by atoms with E-state index in [4.69, 9.17) is 10.9 Å². The standard InChI is InChI=1S/C11H18N4O2S/c12-8-4-5-10(6-8)14-9-2-1-3-11(7-9)15-18(13,16)17/h1-3,7-8,10,14-15H,4-6,12H2,(H2,13,16,17). The summed E-state index contributed by atoms with van der Waals surface area (Å²) in [5.41, 5.74) is 7.16. The van der Waals surface area contributed by atoms with Crippen LogP contribution < -0.4 is 20.9 Å². The number of benzene rings is 1. The molecular weight excluding hydrogens is 252 g/mol. The third kappa shape index (κ3) is 3.86. The van der Waals surface area contributed by atoms with Gasteiger partial charge in [-0.1, -0.05) is 6.07 Å². The van der Waals surface area contributed by atoms with Crippen LogP contribution in [-0.2, 0) is 10.2 Å². The van der Waals surface area contributed by atoms with Crippen molar-refractivity contribution in [2.75, 3.05) is 10.0 Å². The molecule has 1 aliphatic carbocycles. The van der Waals surface area contributed by atoms with Crippen LogP contribution in [0, 0.1) is 0 Å². The van der Waals surface area contributed by atoms with E-state index >= 15 is 0 Å². The maximum Gasteiger partial charge on any atom is 0.296 e. The van der Waals surface area contributed by atoms with Crippen LogP contribution in [0.2, 0.25) is 0 Å². The van der Waals surface area contributed by atoms with Gasteiger partial charge in [-0.15, -0.1) is 0 Å². The summed E-state index contributed by atoms with van der Waals surface area (Å²) in [6.45, 7) is 0. The zero-order valence-corrected chi connectivity index (χ0v) is 10.8. The first-order valence-electron chi connectivity index (χ1n) is 5.85. The summed E-state index contributed by atoms with van der Waals surface area (Å²) in [4.78, 5) is 0. The Bertz CT molecular complexity index is 518. The van der Waals surface area contributed by atoms with Crippen LogP contribution in [0.1, 0.15) is 19.3 Å². The highest BCUT2D eigenvalue weighted by atomic mass is 32.2. The van der Waals surface area contributed by atoms with E-state index in [0.717, 1.165) is 24.9 Å². The van der Waals surface area contributed by atoms with Gasteiger partial charge in [-0.25, -0.2) is 5.14 Å². The fraction of sp³-hybridized carbons (Fsp3) is 0.455. The highest BCUT2D eigenvalue weighted by Gasteiger charge is 2.21. The van der Waals surface area contributed by atoms with Crippen molar-refractivity contribution in [3.05, 3.63) is 24.3 Å². The van der Waals surface area contributed by atoms with Gasteiger partial charge in [0.25, 0.3) is 10.2 Å². The van der Waals surface area contributed by atoms with Gasteiger partial charge in [0.05, 0.1) is 5.69 Å². The Hall–Kier alpha value is -1.31. The molecule has 100 valence electrons. The molecule has 1 saturated carbocycles. The first-order valence-corrected chi connectivity index (χ1v) is 7.40. The normalized spacial score (nSPS) is 23.9. The summed E-state index contributed by atoms with van der Waals surface area (Å²) < 4.78 is 24.1. The van der Waals surface area contributed by atoms with Gasteiger partial charge >= 0.3 is 0 Å². The highest BCUT2D eigenvalue weighted by molar-refractivity contribution is 7.90. The second kappa shape index (κ2) is 5.13. The highest BCUT2D eigenvalue weighted by Crippen LogP contribution is 2.23.